The van der Waals surface area contributed by atoms with Crippen molar-refractivity contribution in [1.29, 1.82) is 0 Å². The minimum absolute atomic E-state index is 0.0279. The van der Waals surface area contributed by atoms with Crippen LogP contribution < -0.4 is 4.46 Å². The molecule has 0 heterocycles. The fourth-order valence-electron chi connectivity index (χ4n) is 1.65. The van der Waals surface area contributed by atoms with Crippen LogP contribution in [0, 0.1) is 10.1 Å². The third kappa shape index (κ3) is 4.45. The van der Waals surface area contributed by atoms with Crippen molar-refractivity contribution in [3.05, 3.63) is 74.1 Å². The molecule has 2 aromatic rings. The van der Waals surface area contributed by atoms with Gasteiger partial charge < -0.3 is 0 Å². The molecular weight excluding hydrogens is 417 g/mol. The SMILES string of the molecule is CS/C([Se]c1cccc([N+](=O)[O-])c1)=C(\Br)c1ccccc1. The molecule has 0 aliphatic heterocycles. The fourth-order valence-corrected chi connectivity index (χ4v) is 5.79. The summed E-state index contributed by atoms with van der Waals surface area (Å²) in [5.74, 6) is 0. The maximum atomic E-state index is 10.8. The van der Waals surface area contributed by atoms with E-state index in [1.807, 2.05) is 42.7 Å². The van der Waals surface area contributed by atoms with Gasteiger partial charge in [-0.2, -0.15) is 0 Å². The van der Waals surface area contributed by atoms with Crippen LogP contribution in [0.1, 0.15) is 5.56 Å². The van der Waals surface area contributed by atoms with Gasteiger partial charge in [-0.15, -0.1) is 0 Å². The zero-order valence-electron chi connectivity index (χ0n) is 11.2. The van der Waals surface area contributed by atoms with Crippen LogP contribution in [0.4, 0.5) is 5.69 Å². The van der Waals surface area contributed by atoms with E-state index in [-0.39, 0.29) is 25.6 Å². The number of halogens is 1. The summed E-state index contributed by atoms with van der Waals surface area (Å²) in [6, 6.07) is 16.9. The molecule has 0 spiro atoms. The fraction of sp³-hybridized carbons (Fsp3) is 0.0667. The molecule has 0 N–H and O–H groups in total. The number of rotatable bonds is 5. The standard InChI is InChI=1S/C15H12BrNO2SSe/c1-20-15(14(16)11-6-3-2-4-7-11)21-13-9-5-8-12(10-13)17(18)19/h2-10H,1H3/b15-14+. The second kappa shape index (κ2) is 7.80. The molecule has 0 aliphatic rings. The number of non-ortho nitro benzene ring substituents is 1. The van der Waals surface area contributed by atoms with Crippen molar-refractivity contribution in [2.45, 2.75) is 0 Å². The summed E-state index contributed by atoms with van der Waals surface area (Å²) in [7, 11) is 0. The van der Waals surface area contributed by atoms with Gasteiger partial charge in [0.05, 0.1) is 0 Å². The summed E-state index contributed by atoms with van der Waals surface area (Å²) in [6.07, 6.45) is 2.03. The third-order valence-corrected chi connectivity index (χ3v) is 8.24. The Bertz CT molecular complexity index is 676. The summed E-state index contributed by atoms with van der Waals surface area (Å²) >= 11 is 5.36. The van der Waals surface area contributed by atoms with E-state index in [4.69, 9.17) is 0 Å². The van der Waals surface area contributed by atoms with Gasteiger partial charge in [-0.25, -0.2) is 0 Å². The predicted octanol–water partition coefficient (Wildman–Crippen LogP) is 4.01. The Morgan fingerprint density at radius 1 is 1.19 bits per heavy atom. The maximum absolute atomic E-state index is 10.8. The second-order valence-electron chi connectivity index (χ2n) is 4.03. The summed E-state index contributed by atoms with van der Waals surface area (Å²) in [5.41, 5.74) is 1.26. The molecule has 0 fully saturated rings. The van der Waals surface area contributed by atoms with E-state index in [1.54, 1.807) is 23.9 Å². The van der Waals surface area contributed by atoms with Crippen molar-refractivity contribution >= 4 is 57.3 Å². The van der Waals surface area contributed by atoms with Gasteiger partial charge in [-0.05, 0) is 0 Å². The zero-order chi connectivity index (χ0) is 15.2. The number of hydrogen-bond acceptors (Lipinski definition) is 3. The number of benzene rings is 2. The van der Waals surface area contributed by atoms with Crippen molar-refractivity contribution in [2.75, 3.05) is 6.26 Å². The van der Waals surface area contributed by atoms with Crippen LogP contribution in [0.3, 0.4) is 0 Å². The van der Waals surface area contributed by atoms with Crippen LogP contribution in [0.15, 0.2) is 58.4 Å². The molecule has 21 heavy (non-hydrogen) atoms. The minimum atomic E-state index is -0.353. The van der Waals surface area contributed by atoms with Gasteiger partial charge in [-0.3, -0.25) is 0 Å². The monoisotopic (exact) mass is 429 g/mol. The van der Waals surface area contributed by atoms with Crippen molar-refractivity contribution in [3.63, 3.8) is 0 Å². The molecule has 0 atom stereocenters. The number of hydrogen-bond donors (Lipinski definition) is 0. The van der Waals surface area contributed by atoms with Crippen molar-refractivity contribution < 1.29 is 4.92 Å². The molecule has 2 rings (SSSR count). The van der Waals surface area contributed by atoms with Crippen LogP contribution >= 0.6 is 27.7 Å². The Balaban J connectivity index is 2.31. The Hall–Kier alpha value is -1.07. The third-order valence-electron chi connectivity index (χ3n) is 2.63. The van der Waals surface area contributed by atoms with Gasteiger partial charge in [0, 0.05) is 0 Å². The van der Waals surface area contributed by atoms with E-state index in [2.05, 4.69) is 15.9 Å². The van der Waals surface area contributed by atoms with Crippen LogP contribution in [0.25, 0.3) is 4.48 Å². The Morgan fingerprint density at radius 2 is 1.90 bits per heavy atom. The molecule has 6 heteroatoms. The van der Waals surface area contributed by atoms with Gasteiger partial charge >= 0.3 is 143 Å². The molecule has 0 saturated carbocycles. The topological polar surface area (TPSA) is 43.1 Å². The summed E-state index contributed by atoms with van der Waals surface area (Å²) < 4.78 is 3.25. The van der Waals surface area contributed by atoms with E-state index in [0.29, 0.717) is 0 Å². The van der Waals surface area contributed by atoms with Gasteiger partial charge in [0.1, 0.15) is 0 Å². The van der Waals surface area contributed by atoms with Crippen LogP contribution in [0.5, 0.6) is 0 Å². The quantitative estimate of drug-likeness (QED) is 0.410. The van der Waals surface area contributed by atoms with Gasteiger partial charge in [0.15, 0.2) is 0 Å². The Kier molecular flexibility index (Phi) is 6.06. The molecule has 0 unspecified atom stereocenters. The van der Waals surface area contributed by atoms with Crippen LogP contribution in [0.2, 0.25) is 0 Å². The molecule has 0 aromatic heterocycles. The van der Waals surface area contributed by atoms with E-state index < -0.39 is 0 Å². The van der Waals surface area contributed by atoms with Crippen LogP contribution in [-0.4, -0.2) is 26.1 Å². The average molecular weight is 429 g/mol. The first-order chi connectivity index (χ1) is 10.1. The molecule has 3 nitrogen and oxygen atoms in total. The number of nitrogens with zero attached hydrogens (tertiary/aromatic N) is 1. The normalized spacial score (nSPS) is 11.9. The van der Waals surface area contributed by atoms with Gasteiger partial charge in [-0.1, -0.05) is 0 Å². The Labute approximate surface area is 142 Å². The van der Waals surface area contributed by atoms with Gasteiger partial charge in [0.25, 0.3) is 0 Å². The van der Waals surface area contributed by atoms with Crippen LogP contribution in [-0.2, 0) is 0 Å². The summed E-state index contributed by atoms with van der Waals surface area (Å²) in [4.78, 5) is 10.5. The molecule has 0 amide bonds. The molecule has 0 aliphatic carbocycles. The van der Waals surface area contributed by atoms with E-state index in [9.17, 15) is 10.1 Å². The first kappa shape index (κ1) is 16.3. The predicted molar refractivity (Wildman–Crippen MR) is 94.3 cm³/mol. The molecule has 0 radical (unpaired) electrons. The first-order valence-corrected chi connectivity index (χ1v) is 9.76. The number of nitro benzene ring substituents is 1. The molecule has 108 valence electrons. The second-order valence-corrected chi connectivity index (χ2v) is 8.49. The molecule has 0 saturated heterocycles. The molecule has 2 aromatic carbocycles. The van der Waals surface area contributed by atoms with Crippen molar-refractivity contribution in [3.8, 4) is 0 Å². The van der Waals surface area contributed by atoms with E-state index >= 15 is 0 Å². The molecule has 0 bridgehead atoms. The van der Waals surface area contributed by atoms with Crippen molar-refractivity contribution in [2.24, 2.45) is 0 Å². The van der Waals surface area contributed by atoms with E-state index in [1.165, 1.54) is 9.87 Å². The zero-order valence-corrected chi connectivity index (χ0v) is 15.3. The number of nitro groups is 1. The molecular formula is C15H12BrNO2SSe. The van der Waals surface area contributed by atoms with E-state index in [0.717, 1.165) is 14.5 Å². The van der Waals surface area contributed by atoms with Gasteiger partial charge in [0.2, 0.25) is 0 Å². The number of thioether (sulfide) groups is 1. The first-order valence-electron chi connectivity index (χ1n) is 6.03. The Morgan fingerprint density at radius 3 is 2.52 bits per heavy atom. The van der Waals surface area contributed by atoms with Crippen molar-refractivity contribution in [1.82, 2.24) is 0 Å². The summed E-state index contributed by atoms with van der Waals surface area (Å²) in [6.45, 7) is 0. The average Bonchev–Trinajstić information content (AvgIpc) is 2.53. The summed E-state index contributed by atoms with van der Waals surface area (Å²) in [5, 5.41) is 10.8.